The molecule has 1 N–H and O–H groups in total. The molecule has 1 aliphatic carbocycles. The number of imidazole rings is 1. The molecular formula is C22H23FN4O2. The van der Waals surface area contributed by atoms with Gasteiger partial charge in [-0.05, 0) is 62.9 Å². The molecule has 2 heterocycles. The number of nitrogens with zero attached hydrogens (tertiary/aromatic N) is 3. The second-order valence-electron chi connectivity index (χ2n) is 7.68. The minimum atomic E-state index is -0.342. The maximum atomic E-state index is 13.4. The van der Waals surface area contributed by atoms with Gasteiger partial charge in [0.1, 0.15) is 11.5 Å². The van der Waals surface area contributed by atoms with Gasteiger partial charge in [-0.2, -0.15) is 0 Å². The summed E-state index contributed by atoms with van der Waals surface area (Å²) in [6.07, 6.45) is 8.34. The lowest BCUT2D eigenvalue weighted by molar-refractivity contribution is 0.0912. The van der Waals surface area contributed by atoms with Crippen LogP contribution in [0.15, 0.2) is 53.1 Å². The fraction of sp³-hybridized carbons (Fsp3) is 0.318. The largest absolute Gasteiger partial charge is 0.348 e. The van der Waals surface area contributed by atoms with Crippen molar-refractivity contribution in [3.8, 4) is 11.3 Å². The number of hydrogen-bond acceptors (Lipinski definition) is 3. The third-order valence-corrected chi connectivity index (χ3v) is 5.22. The molecule has 6 nitrogen and oxygen atoms in total. The van der Waals surface area contributed by atoms with Crippen LogP contribution in [0, 0.1) is 5.82 Å². The number of halogens is 1. The lowest BCUT2D eigenvalue weighted by atomic mass is 9.93. The molecule has 0 aliphatic heterocycles. The van der Waals surface area contributed by atoms with Gasteiger partial charge < -0.3 is 5.32 Å². The van der Waals surface area contributed by atoms with Crippen LogP contribution in [-0.4, -0.2) is 25.9 Å². The number of carbonyl (C=O) groups excluding carboxylic acids is 1. The number of allylic oxidation sites excluding steroid dienone is 2. The van der Waals surface area contributed by atoms with Crippen molar-refractivity contribution in [1.29, 1.82) is 0 Å². The van der Waals surface area contributed by atoms with Crippen molar-refractivity contribution in [2.45, 2.75) is 45.7 Å². The Balaban J connectivity index is 1.82. The van der Waals surface area contributed by atoms with E-state index in [2.05, 4.69) is 10.3 Å². The fourth-order valence-electron chi connectivity index (χ4n) is 3.31. The van der Waals surface area contributed by atoms with Crippen molar-refractivity contribution >= 4 is 11.6 Å². The number of amides is 1. The molecule has 1 amide bonds. The average molecular weight is 394 g/mol. The molecule has 0 atom stereocenters. The molecule has 0 bridgehead atoms. The van der Waals surface area contributed by atoms with Crippen LogP contribution in [0.3, 0.4) is 0 Å². The first kappa shape index (κ1) is 19.1. The van der Waals surface area contributed by atoms with E-state index < -0.39 is 0 Å². The molecule has 0 spiro atoms. The van der Waals surface area contributed by atoms with Crippen LogP contribution in [0.2, 0.25) is 0 Å². The number of fused-ring (bicyclic) bond motifs is 1. The van der Waals surface area contributed by atoms with Crippen LogP contribution in [0.25, 0.3) is 16.9 Å². The first-order valence-corrected chi connectivity index (χ1v) is 9.75. The van der Waals surface area contributed by atoms with E-state index >= 15 is 0 Å². The van der Waals surface area contributed by atoms with Gasteiger partial charge in [-0.3, -0.25) is 18.6 Å². The minimum Gasteiger partial charge on any atom is -0.348 e. The van der Waals surface area contributed by atoms with Gasteiger partial charge in [0.05, 0.1) is 5.69 Å². The molecule has 1 saturated carbocycles. The third-order valence-electron chi connectivity index (χ3n) is 5.22. The third kappa shape index (κ3) is 3.85. The van der Waals surface area contributed by atoms with E-state index in [0.717, 1.165) is 24.8 Å². The van der Waals surface area contributed by atoms with Crippen molar-refractivity contribution in [1.82, 2.24) is 19.3 Å². The Bertz CT molecular complexity index is 1150. The zero-order chi connectivity index (χ0) is 20.5. The Morgan fingerprint density at radius 1 is 1.24 bits per heavy atom. The van der Waals surface area contributed by atoms with E-state index in [1.807, 2.05) is 19.9 Å². The lowest BCUT2D eigenvalue weighted by Gasteiger charge is -2.25. The molecule has 29 heavy (non-hydrogen) atoms. The smallest absolute Gasteiger partial charge is 0.295 e. The Morgan fingerprint density at radius 2 is 1.97 bits per heavy atom. The van der Waals surface area contributed by atoms with E-state index in [1.165, 1.54) is 12.1 Å². The number of aromatic nitrogens is 3. The van der Waals surface area contributed by atoms with Gasteiger partial charge >= 0.3 is 0 Å². The molecule has 0 saturated heterocycles. The molecule has 1 aliphatic rings. The highest BCUT2D eigenvalue weighted by atomic mass is 19.1. The maximum Gasteiger partial charge on any atom is 0.295 e. The van der Waals surface area contributed by atoms with E-state index in [0.29, 0.717) is 17.8 Å². The molecule has 150 valence electrons. The lowest BCUT2D eigenvalue weighted by Crippen LogP contribution is -2.39. The quantitative estimate of drug-likeness (QED) is 0.673. The van der Waals surface area contributed by atoms with Gasteiger partial charge in [0, 0.05) is 25.0 Å². The summed E-state index contributed by atoms with van der Waals surface area (Å²) in [5.74, 6) is -0.609. The van der Waals surface area contributed by atoms with Crippen molar-refractivity contribution in [2.75, 3.05) is 0 Å². The molecule has 1 aromatic carbocycles. The zero-order valence-electron chi connectivity index (χ0n) is 16.5. The summed E-state index contributed by atoms with van der Waals surface area (Å²) in [7, 11) is 0. The normalized spacial score (nSPS) is 13.9. The highest BCUT2D eigenvalue weighted by molar-refractivity contribution is 5.93. The molecule has 7 heteroatoms. The fourth-order valence-corrected chi connectivity index (χ4v) is 3.31. The topological polar surface area (TPSA) is 68.4 Å². The Morgan fingerprint density at radius 3 is 2.59 bits per heavy atom. The molecule has 0 unspecified atom stereocenters. The van der Waals surface area contributed by atoms with Gasteiger partial charge in [0.25, 0.3) is 11.5 Å². The van der Waals surface area contributed by atoms with Crippen LogP contribution >= 0.6 is 0 Å². The SMILES string of the molecule is CC(C)=CCn1c(-c2ccc(F)cc2)cn2cc(C(=O)NC3CCC3)nc2c1=O. The van der Waals surface area contributed by atoms with Crippen LogP contribution in [0.1, 0.15) is 43.6 Å². The van der Waals surface area contributed by atoms with Crippen molar-refractivity contribution in [3.63, 3.8) is 0 Å². The number of hydrogen-bond donors (Lipinski definition) is 1. The standard InChI is InChI=1S/C22H23FN4O2/c1-14(2)10-11-27-19(15-6-8-16(23)9-7-15)13-26-12-18(25-20(26)22(27)29)21(28)24-17-4-3-5-17/h6-10,12-13,17H,3-5,11H2,1-2H3,(H,24,28). The molecule has 2 aromatic heterocycles. The van der Waals surface area contributed by atoms with Crippen LogP contribution in [0.4, 0.5) is 4.39 Å². The van der Waals surface area contributed by atoms with Gasteiger partial charge in [-0.1, -0.05) is 11.6 Å². The summed E-state index contributed by atoms with van der Waals surface area (Å²) < 4.78 is 16.6. The van der Waals surface area contributed by atoms with Crippen molar-refractivity contribution < 1.29 is 9.18 Å². The average Bonchev–Trinajstić information content (AvgIpc) is 3.09. The summed E-state index contributed by atoms with van der Waals surface area (Å²) in [5.41, 5.74) is 2.53. The number of benzene rings is 1. The van der Waals surface area contributed by atoms with Gasteiger partial charge in [0.15, 0.2) is 0 Å². The predicted molar refractivity (Wildman–Crippen MR) is 109 cm³/mol. The second kappa shape index (κ2) is 7.66. The van der Waals surface area contributed by atoms with Crippen LogP contribution < -0.4 is 10.9 Å². The molecular weight excluding hydrogens is 371 g/mol. The first-order chi connectivity index (χ1) is 13.9. The van der Waals surface area contributed by atoms with Gasteiger partial charge in [-0.15, -0.1) is 0 Å². The number of carbonyl (C=O) groups is 1. The molecule has 4 rings (SSSR count). The van der Waals surface area contributed by atoms with Crippen molar-refractivity contribution in [2.24, 2.45) is 0 Å². The van der Waals surface area contributed by atoms with E-state index in [9.17, 15) is 14.0 Å². The van der Waals surface area contributed by atoms with Gasteiger partial charge in [0.2, 0.25) is 5.65 Å². The molecule has 3 aromatic rings. The summed E-state index contributed by atoms with van der Waals surface area (Å²) in [6.45, 7) is 4.28. The van der Waals surface area contributed by atoms with Gasteiger partial charge in [-0.25, -0.2) is 9.37 Å². The first-order valence-electron chi connectivity index (χ1n) is 9.75. The van der Waals surface area contributed by atoms with E-state index in [-0.39, 0.29) is 34.7 Å². The monoisotopic (exact) mass is 394 g/mol. The highest BCUT2D eigenvalue weighted by Gasteiger charge is 2.22. The Kier molecular flexibility index (Phi) is 5.05. The van der Waals surface area contributed by atoms with E-state index in [4.69, 9.17) is 0 Å². The Labute approximate surface area is 167 Å². The highest BCUT2D eigenvalue weighted by Crippen LogP contribution is 2.21. The minimum absolute atomic E-state index is 0.191. The zero-order valence-corrected chi connectivity index (χ0v) is 16.5. The molecule has 0 radical (unpaired) electrons. The maximum absolute atomic E-state index is 13.4. The predicted octanol–water partition coefficient (Wildman–Crippen LogP) is 3.55. The summed E-state index contributed by atoms with van der Waals surface area (Å²) in [4.78, 5) is 29.9. The summed E-state index contributed by atoms with van der Waals surface area (Å²) in [5, 5.41) is 2.95. The van der Waals surface area contributed by atoms with Crippen molar-refractivity contribution in [3.05, 3.63) is 70.2 Å². The number of rotatable bonds is 5. The Hall–Kier alpha value is -3.22. The van der Waals surface area contributed by atoms with E-state index in [1.54, 1.807) is 33.5 Å². The number of nitrogens with one attached hydrogen (secondary N) is 1. The second-order valence-corrected chi connectivity index (χ2v) is 7.68. The van der Waals surface area contributed by atoms with Crippen LogP contribution in [0.5, 0.6) is 0 Å². The summed E-state index contributed by atoms with van der Waals surface area (Å²) in [6, 6.07) is 6.18. The summed E-state index contributed by atoms with van der Waals surface area (Å²) >= 11 is 0. The van der Waals surface area contributed by atoms with Crippen LogP contribution in [-0.2, 0) is 6.54 Å². The molecule has 1 fully saturated rings.